The van der Waals surface area contributed by atoms with E-state index >= 15 is 0 Å². The van der Waals surface area contributed by atoms with Crippen molar-refractivity contribution in [3.05, 3.63) is 62.9 Å². The summed E-state index contributed by atoms with van der Waals surface area (Å²) in [5, 5.41) is 9.42. The van der Waals surface area contributed by atoms with E-state index in [1.54, 1.807) is 25.8 Å². The Bertz CT molecular complexity index is 1170. The summed E-state index contributed by atoms with van der Waals surface area (Å²) in [5.74, 6) is -2.81. The van der Waals surface area contributed by atoms with Crippen molar-refractivity contribution in [2.45, 2.75) is 124 Å². The van der Waals surface area contributed by atoms with Gasteiger partial charge in [0.25, 0.3) is 11.5 Å². The predicted molar refractivity (Wildman–Crippen MR) is 164 cm³/mol. The first-order valence-corrected chi connectivity index (χ1v) is 15.1. The predicted octanol–water partition coefficient (Wildman–Crippen LogP) is 8.34. The van der Waals surface area contributed by atoms with E-state index in [0.717, 1.165) is 44.7 Å². The monoisotopic (exact) mass is 852 g/mol. The maximum Gasteiger partial charge on any atom is 0.422 e. The molecular weight excluding hydrogens is 803 g/mol. The Morgan fingerprint density at radius 3 is 2.36 bits per heavy atom. The van der Waals surface area contributed by atoms with Crippen LogP contribution in [0.3, 0.4) is 0 Å². The maximum absolute atomic E-state index is 13.3. The Morgan fingerprint density at radius 1 is 1.18 bits per heavy atom. The fourth-order valence-corrected chi connectivity index (χ4v) is 5.00. The molecule has 1 aliphatic rings. The number of halogens is 5. The van der Waals surface area contributed by atoms with E-state index in [1.807, 2.05) is 18.1 Å². The number of rotatable bonds is 15. The molecule has 248 valence electrons. The van der Waals surface area contributed by atoms with Crippen LogP contribution in [-0.4, -0.2) is 46.9 Å². The Hall–Kier alpha value is -1.77. The third kappa shape index (κ3) is 13.7. The van der Waals surface area contributed by atoms with Gasteiger partial charge in [0.2, 0.25) is 0 Å². The summed E-state index contributed by atoms with van der Waals surface area (Å²) in [7, 11) is 1.77. The zero-order valence-electron chi connectivity index (χ0n) is 27.2. The van der Waals surface area contributed by atoms with Gasteiger partial charge in [0, 0.05) is 75.2 Å². The molecular formula is C32H49F5N5OU-. The molecule has 1 heterocycles. The van der Waals surface area contributed by atoms with Crippen LogP contribution in [0.2, 0.25) is 0 Å². The standard InChI is InChI=1S/C21H32F3N4O.C11H17F2N.U/c1-5-7-8-10-15(9-6-2)25-13-14(3)28(4)17-12-11-16-18(21(22,23)24)20(29)27-26-19(16)17;1-5-7-9(3)14-8-10(6-2)11(4,12)13;/h3,15,17,25H,5-13H2,1-2,4H3,(H,27,29);6-8H,5H2,1-4H3;/q-1;;/b;9-7+,10-6+,14-8+;. The number of hydrogen-bond acceptors (Lipinski definition) is 5. The number of H-pyrrole nitrogens is 1. The van der Waals surface area contributed by atoms with Gasteiger partial charge >= 0.3 is 6.18 Å². The van der Waals surface area contributed by atoms with Crippen molar-refractivity contribution in [3.8, 4) is 0 Å². The minimum atomic E-state index is -4.70. The molecule has 6 nitrogen and oxygen atoms in total. The number of nitrogens with zero attached hydrogens (tertiary/aromatic N) is 3. The average molecular weight is 853 g/mol. The molecule has 2 N–H and O–H groups in total. The van der Waals surface area contributed by atoms with Gasteiger partial charge in [-0.25, -0.2) is 13.9 Å². The van der Waals surface area contributed by atoms with E-state index in [0.29, 0.717) is 24.7 Å². The van der Waals surface area contributed by atoms with Crippen LogP contribution in [0.15, 0.2) is 38.9 Å². The van der Waals surface area contributed by atoms with Gasteiger partial charge in [0.1, 0.15) is 5.56 Å². The van der Waals surface area contributed by atoms with Gasteiger partial charge in [0.05, 0.1) is 11.7 Å². The zero-order valence-corrected chi connectivity index (χ0v) is 31.3. The number of aliphatic imine (C=N–C) groups is 1. The molecule has 1 aromatic heterocycles. The van der Waals surface area contributed by atoms with E-state index < -0.39 is 23.2 Å². The van der Waals surface area contributed by atoms with E-state index in [1.165, 1.54) is 25.1 Å². The third-order valence-corrected chi connectivity index (χ3v) is 7.39. The summed E-state index contributed by atoms with van der Waals surface area (Å²) in [6.45, 7) is 17.3. The van der Waals surface area contributed by atoms with Crippen molar-refractivity contribution < 1.29 is 53.1 Å². The first-order chi connectivity index (χ1) is 20.1. The number of fused-ring (bicyclic) bond motifs is 1. The van der Waals surface area contributed by atoms with Crippen LogP contribution in [0.1, 0.15) is 116 Å². The number of allylic oxidation sites excluding steroid dienone is 4. The molecule has 0 saturated carbocycles. The number of alkyl halides is 5. The number of hydrogen-bond donors (Lipinski definition) is 2. The Morgan fingerprint density at radius 2 is 1.84 bits per heavy atom. The van der Waals surface area contributed by atoms with Crippen molar-refractivity contribution in [2.24, 2.45) is 4.99 Å². The van der Waals surface area contributed by atoms with Crippen LogP contribution >= 0.6 is 0 Å². The van der Waals surface area contributed by atoms with E-state index in [9.17, 15) is 26.7 Å². The first-order valence-electron chi connectivity index (χ1n) is 15.1. The van der Waals surface area contributed by atoms with Crippen LogP contribution in [0, 0.1) is 37.7 Å². The maximum atomic E-state index is 13.3. The van der Waals surface area contributed by atoms with Gasteiger partial charge < -0.3 is 16.8 Å². The summed E-state index contributed by atoms with van der Waals surface area (Å²) in [6.07, 6.45) is 8.01. The molecule has 1 aliphatic carbocycles. The SMILES string of the molecule is C\C=C(/C=N/C(C)=C/CC)C(C)(F)F.[CH-]=C(CNC(CCC)CCCCC)N(C)C1CCc2c1n[nH]c(=O)c2C(F)(F)F.[U]. The van der Waals surface area contributed by atoms with Crippen molar-refractivity contribution in [2.75, 3.05) is 13.6 Å². The van der Waals surface area contributed by atoms with Gasteiger partial charge in [-0.05, 0) is 51.5 Å². The molecule has 0 saturated heterocycles. The largest absolute Gasteiger partial charge is 0.492 e. The summed E-state index contributed by atoms with van der Waals surface area (Å²) >= 11 is 0. The van der Waals surface area contributed by atoms with E-state index in [2.05, 4.69) is 29.3 Å². The van der Waals surface area contributed by atoms with Gasteiger partial charge in [0.15, 0.2) is 0 Å². The normalized spacial score (nSPS) is 16.2. The second-order valence-electron chi connectivity index (χ2n) is 11.0. The summed E-state index contributed by atoms with van der Waals surface area (Å²) in [5.41, 5.74) is -0.808. The number of aromatic nitrogens is 2. The molecule has 1 aromatic rings. The average Bonchev–Trinajstić information content (AvgIpc) is 3.34. The molecule has 0 radical (unpaired) electrons. The van der Waals surface area contributed by atoms with Crippen LogP contribution < -0.4 is 10.9 Å². The smallest absolute Gasteiger partial charge is 0.422 e. The topological polar surface area (TPSA) is 73.4 Å². The Labute approximate surface area is 283 Å². The van der Waals surface area contributed by atoms with Crippen molar-refractivity contribution >= 4 is 6.21 Å². The van der Waals surface area contributed by atoms with Gasteiger partial charge in [-0.3, -0.25) is 9.79 Å². The van der Waals surface area contributed by atoms with E-state index in [4.69, 9.17) is 6.58 Å². The molecule has 44 heavy (non-hydrogen) atoms. The Kier molecular flexibility index (Phi) is 19.6. The van der Waals surface area contributed by atoms with Crippen LogP contribution in [0.25, 0.3) is 0 Å². The molecule has 0 amide bonds. The molecule has 0 aliphatic heterocycles. The molecule has 0 aromatic carbocycles. The minimum absolute atomic E-state index is 0. The fraction of sp³-hybridized carbons (Fsp3) is 0.656. The summed E-state index contributed by atoms with van der Waals surface area (Å²) in [4.78, 5) is 17.4. The number of aromatic amines is 1. The van der Waals surface area contributed by atoms with Crippen LogP contribution in [0.4, 0.5) is 22.0 Å². The Balaban J connectivity index is 0.00000105. The molecule has 2 rings (SSSR count). The van der Waals surface area contributed by atoms with Gasteiger partial charge in [-0.15, -0.1) is 0 Å². The van der Waals surface area contributed by atoms with Crippen LogP contribution in [0.5, 0.6) is 0 Å². The molecule has 2 atom stereocenters. The quantitative estimate of drug-likeness (QED) is 0.0807. The molecule has 2 unspecified atom stereocenters. The minimum Gasteiger partial charge on any atom is -0.492 e. The molecule has 12 heteroatoms. The zero-order chi connectivity index (χ0) is 32.8. The van der Waals surface area contributed by atoms with E-state index in [-0.39, 0.29) is 60.4 Å². The number of likely N-dealkylation sites (N-methyl/N-ethyl adjacent to an activating group) is 1. The molecule has 0 fully saturated rings. The summed E-state index contributed by atoms with van der Waals surface area (Å²) in [6, 6.07) is -0.00450. The van der Waals surface area contributed by atoms with Gasteiger partial charge in [-0.2, -0.15) is 24.0 Å². The fourth-order valence-electron chi connectivity index (χ4n) is 5.00. The van der Waals surface area contributed by atoms with Crippen molar-refractivity contribution in [1.29, 1.82) is 0 Å². The molecule has 0 spiro atoms. The van der Waals surface area contributed by atoms with Crippen molar-refractivity contribution in [3.63, 3.8) is 0 Å². The van der Waals surface area contributed by atoms with Crippen LogP contribution in [-0.2, 0) is 12.6 Å². The summed E-state index contributed by atoms with van der Waals surface area (Å²) < 4.78 is 65.6. The molecule has 0 bridgehead atoms. The van der Waals surface area contributed by atoms with Crippen molar-refractivity contribution in [1.82, 2.24) is 20.4 Å². The first kappa shape index (κ1) is 42.2. The number of nitrogens with one attached hydrogen (secondary N) is 2. The second-order valence-corrected chi connectivity index (χ2v) is 11.0. The second kappa shape index (κ2) is 20.4. The van der Waals surface area contributed by atoms with Gasteiger partial charge in [-0.1, -0.05) is 58.6 Å². The third-order valence-electron chi connectivity index (χ3n) is 7.39. The number of unbranched alkanes of at least 4 members (excludes halogenated alkanes) is 2.